The van der Waals surface area contributed by atoms with E-state index < -0.39 is 5.91 Å². The van der Waals surface area contributed by atoms with E-state index in [-0.39, 0.29) is 17.3 Å². The Kier molecular flexibility index (Phi) is 6.52. The van der Waals surface area contributed by atoms with Gasteiger partial charge in [-0.1, -0.05) is 78.0 Å². The first-order chi connectivity index (χ1) is 19.2. The minimum absolute atomic E-state index is 0.0455. The zero-order valence-electron chi connectivity index (χ0n) is 20.9. The van der Waals surface area contributed by atoms with E-state index in [0.717, 1.165) is 41.8 Å². The number of hydrogen-bond acceptors (Lipinski definition) is 9. The Morgan fingerprint density at radius 2 is 1.77 bits per heavy atom. The lowest BCUT2D eigenvalue weighted by atomic mass is 10.0. The summed E-state index contributed by atoms with van der Waals surface area (Å²) in [6.07, 6.45) is 3.57. The number of benzene rings is 3. The van der Waals surface area contributed by atoms with E-state index in [4.69, 9.17) is 10.4 Å². The van der Waals surface area contributed by atoms with Crippen molar-refractivity contribution in [3.8, 4) is 16.9 Å². The molecular formula is C28H25N9O2. The molecule has 0 radical (unpaired) electrons. The standard InChI is InChI=1S/C28H25N9O2/c29-26-27(34-39-33-26)37-24(18-36-16-6-10-22-9-4-5-11-23(22)36)25(31-35-37)28(38)32-30-17-19-12-14-21(15-13-19)20-7-2-1-3-8-20/h1-5,7-9,11-15,17H,6,10,16,18H2,(H2,29,33)(H,32,38)/b30-17-. The number of carbonyl (C=O) groups excluding carboxylic acids is 1. The van der Waals surface area contributed by atoms with Crippen molar-refractivity contribution >= 4 is 23.6 Å². The number of aryl methyl sites for hydroxylation is 1. The third kappa shape index (κ3) is 4.97. The largest absolute Gasteiger partial charge is 0.378 e. The number of carbonyl (C=O) groups is 1. The van der Waals surface area contributed by atoms with Gasteiger partial charge in [0.05, 0.1) is 18.5 Å². The predicted octanol–water partition coefficient (Wildman–Crippen LogP) is 3.62. The number of rotatable bonds is 7. The second-order valence-corrected chi connectivity index (χ2v) is 9.11. The van der Waals surface area contributed by atoms with Gasteiger partial charge in [0.2, 0.25) is 11.6 Å². The molecule has 0 bridgehead atoms. The highest BCUT2D eigenvalue weighted by Crippen LogP contribution is 2.29. The van der Waals surface area contributed by atoms with Crippen molar-refractivity contribution in [3.05, 3.63) is 101 Å². The van der Waals surface area contributed by atoms with Crippen molar-refractivity contribution in [2.45, 2.75) is 19.4 Å². The van der Waals surface area contributed by atoms with Crippen molar-refractivity contribution in [1.82, 2.24) is 30.7 Å². The summed E-state index contributed by atoms with van der Waals surface area (Å²) < 4.78 is 6.16. The van der Waals surface area contributed by atoms with E-state index >= 15 is 0 Å². The molecule has 1 amide bonds. The molecule has 1 aliphatic rings. The van der Waals surface area contributed by atoms with Crippen LogP contribution >= 0.6 is 0 Å². The van der Waals surface area contributed by atoms with E-state index in [0.29, 0.717) is 12.2 Å². The van der Waals surface area contributed by atoms with E-state index in [2.05, 4.69) is 60.3 Å². The molecular weight excluding hydrogens is 494 g/mol. The summed E-state index contributed by atoms with van der Waals surface area (Å²) in [5.74, 6) is -0.290. The van der Waals surface area contributed by atoms with Crippen LogP contribution in [0.5, 0.6) is 0 Å². The summed E-state index contributed by atoms with van der Waals surface area (Å²) in [5, 5.41) is 19.9. The summed E-state index contributed by atoms with van der Waals surface area (Å²) in [6, 6.07) is 26.2. The fourth-order valence-corrected chi connectivity index (χ4v) is 4.69. The highest BCUT2D eigenvalue weighted by Gasteiger charge is 2.27. The number of fused-ring (bicyclic) bond motifs is 1. The van der Waals surface area contributed by atoms with Crippen LogP contribution < -0.4 is 16.1 Å². The van der Waals surface area contributed by atoms with Crippen molar-refractivity contribution in [3.63, 3.8) is 0 Å². The van der Waals surface area contributed by atoms with E-state index in [1.807, 2.05) is 54.6 Å². The highest BCUT2D eigenvalue weighted by molar-refractivity contribution is 5.94. The van der Waals surface area contributed by atoms with Gasteiger partial charge in [-0.15, -0.1) is 5.10 Å². The lowest BCUT2D eigenvalue weighted by Gasteiger charge is -2.31. The first-order valence-electron chi connectivity index (χ1n) is 12.5. The molecule has 11 heteroatoms. The topological polar surface area (TPSA) is 140 Å². The molecule has 0 saturated heterocycles. The molecule has 0 saturated carbocycles. The quantitative estimate of drug-likeness (QED) is 0.245. The summed E-state index contributed by atoms with van der Waals surface area (Å²) in [5.41, 5.74) is 14.5. The smallest absolute Gasteiger partial charge is 0.293 e. The number of hydrazone groups is 1. The summed E-state index contributed by atoms with van der Waals surface area (Å²) in [4.78, 5) is 15.4. The number of aromatic nitrogens is 5. The Labute approximate surface area is 223 Å². The molecule has 0 fully saturated rings. The summed E-state index contributed by atoms with van der Waals surface area (Å²) in [6.45, 7) is 1.16. The second kappa shape index (κ2) is 10.6. The van der Waals surface area contributed by atoms with Gasteiger partial charge in [0.1, 0.15) is 0 Å². The number of nitrogen functional groups attached to an aromatic ring is 1. The third-order valence-corrected chi connectivity index (χ3v) is 6.62. The van der Waals surface area contributed by atoms with Crippen LogP contribution in [0.2, 0.25) is 0 Å². The summed E-state index contributed by atoms with van der Waals surface area (Å²) in [7, 11) is 0. The molecule has 39 heavy (non-hydrogen) atoms. The fourth-order valence-electron chi connectivity index (χ4n) is 4.69. The van der Waals surface area contributed by atoms with Gasteiger partial charge in [-0.25, -0.2) is 10.1 Å². The Hall–Kier alpha value is -5.32. The Bertz CT molecular complexity index is 1620. The minimum Gasteiger partial charge on any atom is -0.378 e. The van der Waals surface area contributed by atoms with Gasteiger partial charge in [0, 0.05) is 12.2 Å². The van der Waals surface area contributed by atoms with Crippen LogP contribution in [-0.4, -0.2) is 44.0 Å². The molecule has 3 N–H and O–H groups in total. The predicted molar refractivity (Wildman–Crippen MR) is 146 cm³/mol. The van der Waals surface area contributed by atoms with Crippen LogP contribution in [0.4, 0.5) is 11.5 Å². The molecule has 1 aliphatic heterocycles. The first kappa shape index (κ1) is 24.0. The minimum atomic E-state index is -0.506. The molecule has 2 aromatic heterocycles. The van der Waals surface area contributed by atoms with Crippen LogP contribution in [0.1, 0.15) is 33.7 Å². The maximum atomic E-state index is 13.2. The van der Waals surface area contributed by atoms with Gasteiger partial charge in [0.25, 0.3) is 5.91 Å². The van der Waals surface area contributed by atoms with Gasteiger partial charge >= 0.3 is 0 Å². The van der Waals surface area contributed by atoms with Crippen LogP contribution in [0, 0.1) is 0 Å². The highest BCUT2D eigenvalue weighted by atomic mass is 16.6. The van der Waals surface area contributed by atoms with Gasteiger partial charge in [0.15, 0.2) is 5.69 Å². The number of hydrogen-bond donors (Lipinski definition) is 2. The lowest BCUT2D eigenvalue weighted by molar-refractivity contribution is 0.0949. The van der Waals surface area contributed by atoms with Crippen molar-refractivity contribution in [2.75, 3.05) is 17.2 Å². The third-order valence-electron chi connectivity index (χ3n) is 6.62. The van der Waals surface area contributed by atoms with E-state index in [1.54, 1.807) is 6.21 Å². The SMILES string of the molecule is Nc1nonc1-n1nnc(C(=O)N/N=C\c2ccc(-c3ccccc3)cc2)c1CN1CCCc2ccccc21. The zero-order valence-corrected chi connectivity index (χ0v) is 20.9. The fraction of sp³-hybridized carbons (Fsp3) is 0.143. The number of anilines is 2. The average Bonchev–Trinajstić information content (AvgIpc) is 3.59. The van der Waals surface area contributed by atoms with E-state index in [1.165, 1.54) is 10.2 Å². The molecule has 0 aliphatic carbocycles. The number of nitrogens with one attached hydrogen (secondary N) is 1. The van der Waals surface area contributed by atoms with Gasteiger partial charge in [-0.2, -0.15) is 9.78 Å². The maximum absolute atomic E-state index is 13.2. The van der Waals surface area contributed by atoms with E-state index in [9.17, 15) is 4.79 Å². The number of nitrogens with two attached hydrogens (primary N) is 1. The second-order valence-electron chi connectivity index (χ2n) is 9.11. The van der Waals surface area contributed by atoms with Gasteiger partial charge < -0.3 is 10.6 Å². The maximum Gasteiger partial charge on any atom is 0.293 e. The van der Waals surface area contributed by atoms with Crippen LogP contribution in [-0.2, 0) is 13.0 Å². The molecule has 5 aromatic rings. The molecule has 194 valence electrons. The monoisotopic (exact) mass is 519 g/mol. The first-order valence-corrected chi connectivity index (χ1v) is 12.5. The average molecular weight is 520 g/mol. The van der Waals surface area contributed by atoms with Crippen LogP contribution in [0.25, 0.3) is 16.9 Å². The Morgan fingerprint density at radius 1 is 1.00 bits per heavy atom. The molecule has 11 nitrogen and oxygen atoms in total. The number of para-hydroxylation sites is 1. The Morgan fingerprint density at radius 3 is 2.56 bits per heavy atom. The molecule has 0 spiro atoms. The van der Waals surface area contributed by atoms with Crippen molar-refractivity contribution < 1.29 is 9.42 Å². The van der Waals surface area contributed by atoms with Crippen molar-refractivity contribution in [1.29, 1.82) is 0 Å². The Balaban J connectivity index is 1.23. The summed E-state index contributed by atoms with van der Waals surface area (Å²) >= 11 is 0. The molecule has 6 rings (SSSR count). The normalized spacial score (nSPS) is 13.0. The zero-order chi connectivity index (χ0) is 26.6. The molecule has 3 heterocycles. The van der Waals surface area contributed by atoms with Crippen molar-refractivity contribution in [2.24, 2.45) is 5.10 Å². The van der Waals surface area contributed by atoms with Crippen LogP contribution in [0.3, 0.4) is 0 Å². The number of amides is 1. The van der Waals surface area contributed by atoms with Gasteiger partial charge in [-0.3, -0.25) is 4.79 Å². The van der Waals surface area contributed by atoms with Gasteiger partial charge in [-0.05, 0) is 51.5 Å². The van der Waals surface area contributed by atoms with Crippen LogP contribution in [0.15, 0.2) is 88.6 Å². The molecule has 3 aromatic carbocycles. The lowest BCUT2D eigenvalue weighted by Crippen LogP contribution is -2.31. The number of nitrogens with zero attached hydrogens (tertiary/aromatic N) is 7. The molecule has 0 unspecified atom stereocenters. The molecule has 0 atom stereocenters.